The molecule has 3 rings (SSSR count). The highest BCUT2D eigenvalue weighted by Crippen LogP contribution is 2.24. The molecular formula is C14H18N6O2S. The van der Waals surface area contributed by atoms with E-state index in [2.05, 4.69) is 30.0 Å². The summed E-state index contributed by atoms with van der Waals surface area (Å²) in [6.07, 6.45) is 2.97. The van der Waals surface area contributed by atoms with E-state index >= 15 is 0 Å². The van der Waals surface area contributed by atoms with Gasteiger partial charge in [0.15, 0.2) is 0 Å². The van der Waals surface area contributed by atoms with Gasteiger partial charge in [-0.1, -0.05) is 11.3 Å². The number of anilines is 2. The maximum absolute atomic E-state index is 12.0. The third-order valence-electron chi connectivity index (χ3n) is 3.55. The minimum atomic E-state index is -0.384. The van der Waals surface area contributed by atoms with Gasteiger partial charge in [-0.15, -0.1) is 10.2 Å². The largest absolute Gasteiger partial charge is 0.462 e. The molecule has 0 unspecified atom stereocenters. The van der Waals surface area contributed by atoms with Crippen molar-refractivity contribution in [2.24, 2.45) is 0 Å². The van der Waals surface area contributed by atoms with Gasteiger partial charge < -0.3 is 14.5 Å². The number of hydrogen-bond acceptors (Lipinski definition) is 9. The van der Waals surface area contributed by atoms with E-state index in [1.165, 1.54) is 12.5 Å². The van der Waals surface area contributed by atoms with Crippen molar-refractivity contribution in [3.05, 3.63) is 23.1 Å². The number of carbonyl (C=O) groups is 1. The highest BCUT2D eigenvalue weighted by molar-refractivity contribution is 7.15. The number of ether oxygens (including phenoxy) is 1. The fourth-order valence-electron chi connectivity index (χ4n) is 2.45. The van der Waals surface area contributed by atoms with Crippen LogP contribution in [0.25, 0.3) is 0 Å². The molecule has 2 aromatic rings. The van der Waals surface area contributed by atoms with Gasteiger partial charge in [0.2, 0.25) is 5.13 Å². The van der Waals surface area contributed by atoms with Gasteiger partial charge in [-0.05, 0) is 13.8 Å². The first kappa shape index (κ1) is 15.6. The van der Waals surface area contributed by atoms with Crippen LogP contribution in [-0.2, 0) is 4.74 Å². The maximum atomic E-state index is 12.0. The zero-order chi connectivity index (χ0) is 16.2. The molecule has 0 aromatic carbocycles. The zero-order valence-corrected chi connectivity index (χ0v) is 13.9. The Labute approximate surface area is 138 Å². The Balaban J connectivity index is 1.71. The molecule has 1 saturated heterocycles. The van der Waals surface area contributed by atoms with E-state index in [0.29, 0.717) is 18.0 Å². The number of carbonyl (C=O) groups excluding carboxylic acids is 1. The van der Waals surface area contributed by atoms with Crippen molar-refractivity contribution < 1.29 is 9.53 Å². The van der Waals surface area contributed by atoms with E-state index in [9.17, 15) is 4.79 Å². The summed E-state index contributed by atoms with van der Waals surface area (Å²) in [5.74, 6) is 0.247. The topological polar surface area (TPSA) is 84.3 Å². The quantitative estimate of drug-likeness (QED) is 0.770. The lowest BCUT2D eigenvalue weighted by Gasteiger charge is -2.35. The smallest absolute Gasteiger partial charge is 0.343 e. The molecule has 1 fully saturated rings. The average molecular weight is 334 g/mol. The van der Waals surface area contributed by atoms with Crippen molar-refractivity contribution >= 4 is 28.3 Å². The van der Waals surface area contributed by atoms with Gasteiger partial charge >= 0.3 is 5.97 Å². The molecule has 23 heavy (non-hydrogen) atoms. The molecular weight excluding hydrogens is 316 g/mol. The minimum absolute atomic E-state index is 0.331. The van der Waals surface area contributed by atoms with Crippen LogP contribution < -0.4 is 9.80 Å². The van der Waals surface area contributed by atoms with E-state index in [1.807, 2.05) is 6.92 Å². The van der Waals surface area contributed by atoms with E-state index < -0.39 is 0 Å². The van der Waals surface area contributed by atoms with Crippen LogP contribution in [0, 0.1) is 6.92 Å². The van der Waals surface area contributed by atoms with Gasteiger partial charge in [-0.2, -0.15) is 0 Å². The summed E-state index contributed by atoms with van der Waals surface area (Å²) in [7, 11) is 0. The Kier molecular flexibility index (Phi) is 4.65. The van der Waals surface area contributed by atoms with Crippen molar-refractivity contribution in [1.29, 1.82) is 0 Å². The Morgan fingerprint density at radius 3 is 2.65 bits per heavy atom. The number of esters is 1. The first-order chi connectivity index (χ1) is 11.2. The van der Waals surface area contributed by atoms with Crippen molar-refractivity contribution in [2.75, 3.05) is 42.6 Å². The molecule has 0 spiro atoms. The molecule has 0 radical (unpaired) electrons. The third-order valence-corrected chi connectivity index (χ3v) is 4.45. The lowest BCUT2D eigenvalue weighted by atomic mass is 10.2. The van der Waals surface area contributed by atoms with Crippen LogP contribution in [0.1, 0.15) is 22.3 Å². The molecule has 0 bridgehead atoms. The number of piperazine rings is 1. The van der Waals surface area contributed by atoms with Gasteiger partial charge in [-0.3, -0.25) is 0 Å². The van der Waals surface area contributed by atoms with Gasteiger partial charge in [-0.25, -0.2) is 14.8 Å². The Bertz CT molecular complexity index is 683. The van der Waals surface area contributed by atoms with E-state index in [1.54, 1.807) is 18.3 Å². The molecule has 0 amide bonds. The van der Waals surface area contributed by atoms with Gasteiger partial charge in [0.1, 0.15) is 22.7 Å². The first-order valence-corrected chi connectivity index (χ1v) is 8.27. The van der Waals surface area contributed by atoms with Gasteiger partial charge in [0.25, 0.3) is 0 Å². The SMILES string of the molecule is CCOC(=O)c1cncnc1N1CCN(c2nnc(C)s2)CC1. The van der Waals surface area contributed by atoms with E-state index in [-0.39, 0.29) is 5.97 Å². The number of aromatic nitrogens is 4. The first-order valence-electron chi connectivity index (χ1n) is 7.46. The summed E-state index contributed by atoms with van der Waals surface area (Å²) in [5.41, 5.74) is 0.412. The van der Waals surface area contributed by atoms with Crippen LogP contribution in [0.3, 0.4) is 0 Å². The fourth-order valence-corrected chi connectivity index (χ4v) is 3.19. The fraction of sp³-hybridized carbons (Fsp3) is 0.500. The van der Waals surface area contributed by atoms with Crippen molar-refractivity contribution in [3.8, 4) is 0 Å². The molecule has 2 aromatic heterocycles. The Morgan fingerprint density at radius 2 is 2.00 bits per heavy atom. The van der Waals surface area contributed by atoms with Crippen molar-refractivity contribution in [2.45, 2.75) is 13.8 Å². The normalized spacial score (nSPS) is 14.9. The van der Waals surface area contributed by atoms with Crippen LogP contribution in [0.2, 0.25) is 0 Å². The second-order valence-electron chi connectivity index (χ2n) is 5.06. The molecule has 1 aliphatic heterocycles. The molecule has 8 nitrogen and oxygen atoms in total. The lowest BCUT2D eigenvalue weighted by Crippen LogP contribution is -2.47. The number of rotatable bonds is 4. The third kappa shape index (κ3) is 3.39. The van der Waals surface area contributed by atoms with Gasteiger partial charge in [0, 0.05) is 32.4 Å². The van der Waals surface area contributed by atoms with Crippen molar-refractivity contribution in [3.63, 3.8) is 0 Å². The van der Waals surface area contributed by atoms with E-state index in [0.717, 1.165) is 36.3 Å². The molecule has 0 N–H and O–H groups in total. The maximum Gasteiger partial charge on any atom is 0.343 e. The lowest BCUT2D eigenvalue weighted by molar-refractivity contribution is 0.0526. The minimum Gasteiger partial charge on any atom is -0.462 e. The molecule has 0 saturated carbocycles. The van der Waals surface area contributed by atoms with Crippen molar-refractivity contribution in [1.82, 2.24) is 20.2 Å². The monoisotopic (exact) mass is 334 g/mol. The molecule has 0 atom stereocenters. The second kappa shape index (κ2) is 6.86. The summed E-state index contributed by atoms with van der Waals surface area (Å²) in [4.78, 5) is 24.5. The predicted octanol–water partition coefficient (Wildman–Crippen LogP) is 1.14. The molecule has 0 aliphatic carbocycles. The van der Waals surface area contributed by atoms with E-state index in [4.69, 9.17) is 4.74 Å². The highest BCUT2D eigenvalue weighted by atomic mass is 32.1. The highest BCUT2D eigenvalue weighted by Gasteiger charge is 2.24. The zero-order valence-electron chi connectivity index (χ0n) is 13.1. The summed E-state index contributed by atoms with van der Waals surface area (Å²) in [6, 6.07) is 0. The molecule has 1 aliphatic rings. The van der Waals surface area contributed by atoms with Crippen LogP contribution in [-0.4, -0.2) is 58.9 Å². The van der Waals surface area contributed by atoms with Crippen LogP contribution in [0.4, 0.5) is 10.9 Å². The van der Waals surface area contributed by atoms with Gasteiger partial charge in [0.05, 0.1) is 6.61 Å². The average Bonchev–Trinajstić information content (AvgIpc) is 3.02. The number of hydrogen-bond donors (Lipinski definition) is 0. The Hall–Kier alpha value is -2.29. The second-order valence-corrected chi connectivity index (χ2v) is 6.22. The predicted molar refractivity (Wildman–Crippen MR) is 87.1 cm³/mol. The molecule has 122 valence electrons. The van der Waals surface area contributed by atoms with Crippen LogP contribution >= 0.6 is 11.3 Å². The Morgan fingerprint density at radius 1 is 1.26 bits per heavy atom. The molecule has 9 heteroatoms. The number of nitrogens with zero attached hydrogens (tertiary/aromatic N) is 6. The van der Waals surface area contributed by atoms with Crippen LogP contribution in [0.15, 0.2) is 12.5 Å². The summed E-state index contributed by atoms with van der Waals surface area (Å²) >= 11 is 1.59. The summed E-state index contributed by atoms with van der Waals surface area (Å²) < 4.78 is 5.08. The number of aryl methyl sites for hydroxylation is 1. The summed E-state index contributed by atoms with van der Waals surface area (Å²) in [6.45, 7) is 7.18. The molecule has 3 heterocycles. The standard InChI is InChI=1S/C14H18N6O2S/c1-3-22-13(21)11-8-15-9-16-12(11)19-4-6-20(7-5-19)14-18-17-10(2)23-14/h8-9H,3-7H2,1-2H3. The van der Waals surface area contributed by atoms with Crippen LogP contribution in [0.5, 0.6) is 0 Å². The summed E-state index contributed by atoms with van der Waals surface area (Å²) in [5, 5.41) is 10.1.